The molecule has 0 aromatic heterocycles. The van der Waals surface area contributed by atoms with E-state index in [4.69, 9.17) is 52.4 Å². The van der Waals surface area contributed by atoms with E-state index in [-0.39, 0.29) is 13.2 Å². The zero-order chi connectivity index (χ0) is 33.9. The van der Waals surface area contributed by atoms with Gasteiger partial charge in [-0.2, -0.15) is 0 Å². The van der Waals surface area contributed by atoms with Gasteiger partial charge in [0.1, 0.15) is 12.4 Å². The predicted octanol–water partition coefficient (Wildman–Crippen LogP) is 4.60. The number of benzene rings is 1. The van der Waals surface area contributed by atoms with Gasteiger partial charge in [-0.3, -0.25) is 4.52 Å². The Morgan fingerprint density at radius 2 is 0.809 bits per heavy atom. The topological polar surface area (TPSA) is 150 Å². The molecule has 1 aromatic carbocycles. The molecule has 0 aliphatic heterocycles. The maximum atomic E-state index is 10.5. The first-order valence-electron chi connectivity index (χ1n) is 17.0. The average molecular weight is 697 g/mol. The van der Waals surface area contributed by atoms with Crippen molar-refractivity contribution in [2.45, 2.75) is 58.3 Å². The zero-order valence-corrected chi connectivity index (χ0v) is 29.4. The molecule has 0 heterocycles. The number of phosphoric ester groups is 1. The molecule has 0 atom stereocenters. The van der Waals surface area contributed by atoms with E-state index in [9.17, 15) is 4.57 Å². The molecule has 47 heavy (non-hydrogen) atoms. The smallest absolute Gasteiger partial charge is 0.469 e. The Balaban J connectivity index is 1.72. The Kier molecular flexibility index (Phi) is 31.1. The summed E-state index contributed by atoms with van der Waals surface area (Å²) < 4.78 is 63.8. The Morgan fingerprint density at radius 1 is 0.468 bits per heavy atom. The van der Waals surface area contributed by atoms with E-state index >= 15 is 0 Å². The van der Waals surface area contributed by atoms with E-state index in [2.05, 4.69) is 23.6 Å². The second-order valence-electron chi connectivity index (χ2n) is 10.6. The number of phosphoric acid groups is 1. The number of rotatable bonds is 37. The fourth-order valence-electron chi connectivity index (χ4n) is 4.11. The monoisotopic (exact) mass is 696 g/mol. The van der Waals surface area contributed by atoms with Crippen LogP contribution in [0.2, 0.25) is 0 Å². The summed E-state index contributed by atoms with van der Waals surface area (Å²) in [5, 5.41) is 0. The summed E-state index contributed by atoms with van der Waals surface area (Å²) in [5.41, 5.74) is 1.37. The van der Waals surface area contributed by atoms with E-state index in [1.54, 1.807) is 0 Å². The van der Waals surface area contributed by atoms with Gasteiger partial charge >= 0.3 is 7.82 Å². The van der Waals surface area contributed by atoms with Gasteiger partial charge in [-0.1, -0.05) is 57.6 Å². The molecule has 0 aliphatic rings. The minimum Gasteiger partial charge on any atom is -0.491 e. The van der Waals surface area contributed by atoms with Crippen LogP contribution in [0.15, 0.2) is 24.3 Å². The molecule has 0 amide bonds. The maximum Gasteiger partial charge on any atom is 0.469 e. The SMILES string of the molecule is CCCCCCCCCc1ccc(OCCOCCOCCOCCOCCOCCOCCOCCOCCOP(=O)(O)O)cc1. The highest BCUT2D eigenvalue weighted by Gasteiger charge is 2.12. The van der Waals surface area contributed by atoms with Crippen molar-refractivity contribution in [3.63, 3.8) is 0 Å². The molecule has 0 aliphatic carbocycles. The molecule has 0 fully saturated rings. The summed E-state index contributed by atoms with van der Waals surface area (Å²) in [6.45, 7) is 9.58. The molecule has 0 radical (unpaired) electrons. The van der Waals surface area contributed by atoms with Gasteiger partial charge in [0.25, 0.3) is 0 Å². The summed E-state index contributed by atoms with van der Waals surface area (Å²) in [6.07, 6.45) is 10.5. The van der Waals surface area contributed by atoms with Crippen LogP contribution in [0, 0.1) is 0 Å². The van der Waals surface area contributed by atoms with Crippen molar-refractivity contribution in [1.82, 2.24) is 0 Å². The molecule has 14 heteroatoms. The molecule has 0 unspecified atom stereocenters. The van der Waals surface area contributed by atoms with E-state index in [0.29, 0.717) is 106 Å². The summed E-state index contributed by atoms with van der Waals surface area (Å²) in [7, 11) is -4.43. The summed E-state index contributed by atoms with van der Waals surface area (Å²) in [4.78, 5) is 17.0. The normalized spacial score (nSPS) is 11.8. The van der Waals surface area contributed by atoms with Crippen LogP contribution < -0.4 is 4.74 Å². The second kappa shape index (κ2) is 33.3. The van der Waals surface area contributed by atoms with E-state index in [0.717, 1.165) is 12.2 Å². The largest absolute Gasteiger partial charge is 0.491 e. The van der Waals surface area contributed by atoms with Gasteiger partial charge in [0, 0.05) is 0 Å². The van der Waals surface area contributed by atoms with Crippen molar-refractivity contribution in [1.29, 1.82) is 0 Å². The van der Waals surface area contributed by atoms with Gasteiger partial charge in [0.15, 0.2) is 0 Å². The Morgan fingerprint density at radius 3 is 1.19 bits per heavy atom. The highest BCUT2D eigenvalue weighted by atomic mass is 31.2. The van der Waals surface area contributed by atoms with Gasteiger partial charge in [-0.15, -0.1) is 0 Å². The quantitative estimate of drug-likeness (QED) is 0.0738. The predicted molar refractivity (Wildman–Crippen MR) is 178 cm³/mol. The van der Waals surface area contributed by atoms with Crippen LogP contribution in [0.3, 0.4) is 0 Å². The van der Waals surface area contributed by atoms with Gasteiger partial charge in [-0.25, -0.2) is 4.57 Å². The first-order valence-corrected chi connectivity index (χ1v) is 18.6. The number of unbranched alkanes of at least 4 members (excludes halogenated alkanes) is 6. The van der Waals surface area contributed by atoms with E-state index < -0.39 is 7.82 Å². The third-order valence-electron chi connectivity index (χ3n) is 6.58. The standard InChI is InChI=1S/C33H61O13P/c1-2-3-4-5-6-7-8-9-32-10-12-33(13-11-32)45-30-28-43-26-24-41-22-20-39-18-16-37-14-15-38-17-19-40-21-23-42-25-27-44-29-31-46-47(34,35)36/h10-13H,2-9,14-31H2,1H3,(H2,34,35,36). The van der Waals surface area contributed by atoms with Gasteiger partial charge < -0.3 is 52.4 Å². The lowest BCUT2D eigenvalue weighted by molar-refractivity contribution is -0.0242. The van der Waals surface area contributed by atoms with Crippen LogP contribution in [0.4, 0.5) is 0 Å². The lowest BCUT2D eigenvalue weighted by Gasteiger charge is -2.09. The molecule has 1 rings (SSSR count). The second-order valence-corrected chi connectivity index (χ2v) is 11.8. The van der Waals surface area contributed by atoms with Crippen LogP contribution in [-0.4, -0.2) is 129 Å². The lowest BCUT2D eigenvalue weighted by atomic mass is 10.0. The van der Waals surface area contributed by atoms with Gasteiger partial charge in [-0.05, 0) is 30.5 Å². The van der Waals surface area contributed by atoms with Crippen molar-refractivity contribution in [2.24, 2.45) is 0 Å². The van der Waals surface area contributed by atoms with E-state index in [1.165, 1.54) is 50.5 Å². The first kappa shape index (κ1) is 43.8. The van der Waals surface area contributed by atoms with Crippen LogP contribution in [0.5, 0.6) is 5.75 Å². The average Bonchev–Trinajstić information content (AvgIpc) is 3.05. The van der Waals surface area contributed by atoms with Crippen molar-refractivity contribution in [2.75, 3.05) is 119 Å². The molecular weight excluding hydrogens is 635 g/mol. The van der Waals surface area contributed by atoms with Crippen molar-refractivity contribution >= 4 is 7.82 Å². The van der Waals surface area contributed by atoms with Gasteiger partial charge in [0.2, 0.25) is 0 Å². The number of hydrogen-bond acceptors (Lipinski definition) is 11. The highest BCUT2D eigenvalue weighted by Crippen LogP contribution is 2.35. The number of ether oxygens (including phenoxy) is 9. The maximum absolute atomic E-state index is 10.5. The minimum absolute atomic E-state index is 0.0813. The molecule has 1 aromatic rings. The molecule has 0 saturated heterocycles. The molecule has 0 saturated carbocycles. The van der Waals surface area contributed by atoms with Crippen LogP contribution in [0.25, 0.3) is 0 Å². The van der Waals surface area contributed by atoms with Gasteiger partial charge in [0.05, 0.1) is 112 Å². The van der Waals surface area contributed by atoms with E-state index in [1.807, 2.05) is 12.1 Å². The fraction of sp³-hybridized carbons (Fsp3) is 0.818. The summed E-state index contributed by atoms with van der Waals surface area (Å²) in [6, 6.07) is 8.41. The van der Waals surface area contributed by atoms with Crippen molar-refractivity contribution in [3.8, 4) is 5.75 Å². The zero-order valence-electron chi connectivity index (χ0n) is 28.5. The van der Waals surface area contributed by atoms with Crippen LogP contribution >= 0.6 is 7.82 Å². The number of hydrogen-bond donors (Lipinski definition) is 2. The fourth-order valence-corrected chi connectivity index (χ4v) is 4.43. The lowest BCUT2D eigenvalue weighted by Crippen LogP contribution is -2.15. The summed E-state index contributed by atoms with van der Waals surface area (Å²) >= 11 is 0. The first-order chi connectivity index (χ1) is 23.0. The Hall–Kier alpha value is -1.19. The minimum atomic E-state index is -4.43. The van der Waals surface area contributed by atoms with Crippen LogP contribution in [-0.2, 0) is 53.4 Å². The molecule has 13 nitrogen and oxygen atoms in total. The molecular formula is C33H61O13P. The molecule has 2 N–H and O–H groups in total. The Labute approximate surface area is 282 Å². The summed E-state index contributed by atoms with van der Waals surface area (Å²) in [5.74, 6) is 0.877. The third-order valence-corrected chi connectivity index (χ3v) is 7.10. The van der Waals surface area contributed by atoms with Crippen molar-refractivity contribution < 1.29 is 61.5 Å². The highest BCUT2D eigenvalue weighted by molar-refractivity contribution is 7.46. The Bertz CT molecular complexity index is 825. The third kappa shape index (κ3) is 33.1. The molecule has 276 valence electrons. The molecule has 0 spiro atoms. The molecule has 0 bridgehead atoms. The van der Waals surface area contributed by atoms with Crippen LogP contribution in [0.1, 0.15) is 57.4 Å². The number of aryl methyl sites for hydroxylation is 1. The van der Waals surface area contributed by atoms with Crippen molar-refractivity contribution in [3.05, 3.63) is 29.8 Å².